The van der Waals surface area contributed by atoms with Gasteiger partial charge in [0.05, 0.1) is 13.7 Å². The van der Waals surface area contributed by atoms with Crippen molar-refractivity contribution in [3.8, 4) is 17.2 Å². The van der Waals surface area contributed by atoms with E-state index in [0.717, 1.165) is 5.56 Å². The Morgan fingerprint density at radius 2 is 1.63 bits per heavy atom. The average molecular weight is 411 g/mol. The van der Waals surface area contributed by atoms with E-state index in [4.69, 9.17) is 14.2 Å². The van der Waals surface area contributed by atoms with E-state index in [1.54, 1.807) is 42.4 Å². The van der Waals surface area contributed by atoms with Gasteiger partial charge in [-0.1, -0.05) is 12.1 Å². The molecule has 1 amide bonds. The summed E-state index contributed by atoms with van der Waals surface area (Å²) < 4.78 is 16.4. The molecule has 2 aromatic carbocycles. The van der Waals surface area contributed by atoms with Crippen LogP contribution in [0.25, 0.3) is 6.08 Å². The maximum Gasteiger partial charge on any atom is 0.260 e. The fourth-order valence-corrected chi connectivity index (χ4v) is 2.86. The monoisotopic (exact) mass is 411 g/mol. The maximum atomic E-state index is 12.4. The molecule has 6 heteroatoms. The molecule has 0 fully saturated rings. The van der Waals surface area contributed by atoms with Gasteiger partial charge < -0.3 is 19.1 Å². The van der Waals surface area contributed by atoms with Crippen LogP contribution in [-0.4, -0.2) is 50.0 Å². The lowest BCUT2D eigenvalue weighted by Gasteiger charge is -2.18. The zero-order valence-electron chi connectivity index (χ0n) is 18.0. The second kappa shape index (κ2) is 11.7. The number of likely N-dealkylation sites (N-methyl/N-ethyl adjacent to an activating group) is 1. The lowest BCUT2D eigenvalue weighted by Crippen LogP contribution is -2.34. The van der Waals surface area contributed by atoms with Gasteiger partial charge in [0.25, 0.3) is 5.91 Å². The third kappa shape index (κ3) is 6.37. The lowest BCUT2D eigenvalue weighted by molar-refractivity contribution is -0.132. The molecule has 0 unspecified atom stereocenters. The molecule has 0 aliphatic rings. The number of carbonyl (C=O) groups is 2. The van der Waals surface area contributed by atoms with Gasteiger partial charge in [0.15, 0.2) is 23.9 Å². The van der Waals surface area contributed by atoms with Crippen molar-refractivity contribution >= 4 is 17.8 Å². The number of rotatable bonds is 11. The Bertz CT molecular complexity index is 870. The van der Waals surface area contributed by atoms with E-state index in [9.17, 15) is 9.59 Å². The van der Waals surface area contributed by atoms with Gasteiger partial charge in [0.1, 0.15) is 5.75 Å². The summed E-state index contributed by atoms with van der Waals surface area (Å²) in [5.74, 6) is 1.64. The van der Waals surface area contributed by atoms with E-state index in [-0.39, 0.29) is 18.3 Å². The molecule has 0 radical (unpaired) electrons. The van der Waals surface area contributed by atoms with Crippen LogP contribution in [0.3, 0.4) is 0 Å². The normalized spacial score (nSPS) is 10.7. The molecule has 30 heavy (non-hydrogen) atoms. The zero-order chi connectivity index (χ0) is 21.9. The van der Waals surface area contributed by atoms with Crippen LogP contribution in [0.4, 0.5) is 0 Å². The Morgan fingerprint density at radius 3 is 2.23 bits per heavy atom. The van der Waals surface area contributed by atoms with Crippen LogP contribution in [0.15, 0.2) is 48.5 Å². The molecule has 2 aromatic rings. The van der Waals surface area contributed by atoms with E-state index >= 15 is 0 Å². The van der Waals surface area contributed by atoms with Crippen LogP contribution >= 0.6 is 0 Å². The number of ketones is 1. The highest BCUT2D eigenvalue weighted by molar-refractivity contribution is 6.06. The molecular weight excluding hydrogens is 382 g/mol. The Morgan fingerprint density at radius 1 is 0.933 bits per heavy atom. The third-order valence-electron chi connectivity index (χ3n) is 4.53. The van der Waals surface area contributed by atoms with Gasteiger partial charge >= 0.3 is 0 Å². The number of carbonyl (C=O) groups excluding carboxylic acids is 2. The maximum absolute atomic E-state index is 12.4. The molecule has 6 nitrogen and oxygen atoms in total. The fourth-order valence-electron chi connectivity index (χ4n) is 2.86. The van der Waals surface area contributed by atoms with E-state index in [1.807, 2.05) is 39.0 Å². The molecule has 2 rings (SSSR count). The summed E-state index contributed by atoms with van der Waals surface area (Å²) in [5.41, 5.74) is 1.37. The summed E-state index contributed by atoms with van der Waals surface area (Å²) in [4.78, 5) is 26.1. The smallest absolute Gasteiger partial charge is 0.260 e. The lowest BCUT2D eigenvalue weighted by atomic mass is 10.1. The molecule has 0 aliphatic carbocycles. The molecule has 0 atom stereocenters. The van der Waals surface area contributed by atoms with Crippen LogP contribution in [0.1, 0.15) is 36.7 Å². The average Bonchev–Trinajstić information content (AvgIpc) is 2.78. The van der Waals surface area contributed by atoms with Crippen LogP contribution in [0.2, 0.25) is 0 Å². The summed E-state index contributed by atoms with van der Waals surface area (Å²) >= 11 is 0. The second-order valence-corrected chi connectivity index (χ2v) is 6.42. The van der Waals surface area contributed by atoms with E-state index in [0.29, 0.717) is 42.5 Å². The molecule has 0 saturated carbocycles. The minimum atomic E-state index is -0.131. The summed E-state index contributed by atoms with van der Waals surface area (Å²) in [6, 6.07) is 12.2. The van der Waals surface area contributed by atoms with Gasteiger partial charge in [-0.3, -0.25) is 9.59 Å². The van der Waals surface area contributed by atoms with Crippen LogP contribution in [-0.2, 0) is 4.79 Å². The number of allylic oxidation sites excluding steroid dienone is 1. The largest absolute Gasteiger partial charge is 0.493 e. The highest BCUT2D eigenvalue weighted by Gasteiger charge is 2.10. The van der Waals surface area contributed by atoms with Crippen molar-refractivity contribution < 1.29 is 23.8 Å². The second-order valence-electron chi connectivity index (χ2n) is 6.42. The van der Waals surface area contributed by atoms with Crippen molar-refractivity contribution in [2.75, 3.05) is 33.4 Å². The first-order valence-corrected chi connectivity index (χ1v) is 10.1. The quantitative estimate of drug-likeness (QED) is 0.409. The highest BCUT2D eigenvalue weighted by atomic mass is 16.5. The van der Waals surface area contributed by atoms with Gasteiger partial charge in [0.2, 0.25) is 0 Å². The predicted octanol–water partition coefficient (Wildman–Crippen LogP) is 4.24. The summed E-state index contributed by atoms with van der Waals surface area (Å²) in [6.45, 7) is 7.60. The fraction of sp³-hybridized carbons (Fsp3) is 0.333. The first-order chi connectivity index (χ1) is 14.5. The molecule has 0 spiro atoms. The molecule has 0 aromatic heterocycles. The highest BCUT2D eigenvalue weighted by Crippen LogP contribution is 2.28. The Balaban J connectivity index is 1.98. The van der Waals surface area contributed by atoms with Crippen molar-refractivity contribution in [1.29, 1.82) is 0 Å². The SMILES string of the molecule is CCOc1ccc(/C=C/C(=O)c2ccc(OCC(=O)N(CC)CC)cc2)cc1OC. The number of ether oxygens (including phenoxy) is 3. The standard InChI is InChI=1S/C24H29NO5/c1-5-25(6-2)24(27)17-30-20-12-10-19(11-13-20)21(26)14-8-18-9-15-22(29-7-3)23(16-18)28-4/h8-16H,5-7,17H2,1-4H3/b14-8+. The molecule has 0 heterocycles. The summed E-state index contributed by atoms with van der Waals surface area (Å²) in [5, 5.41) is 0. The zero-order valence-corrected chi connectivity index (χ0v) is 18.0. The van der Waals surface area contributed by atoms with Crippen LogP contribution in [0.5, 0.6) is 17.2 Å². The first-order valence-electron chi connectivity index (χ1n) is 10.1. The Hall–Kier alpha value is -3.28. The molecule has 0 N–H and O–H groups in total. The molecule has 0 bridgehead atoms. The molecule has 160 valence electrons. The number of methoxy groups -OCH3 is 1. The molecular formula is C24H29NO5. The van der Waals surface area contributed by atoms with Gasteiger partial charge in [0, 0.05) is 18.7 Å². The van der Waals surface area contributed by atoms with E-state index in [1.165, 1.54) is 6.08 Å². The molecule has 0 saturated heterocycles. The summed E-state index contributed by atoms with van der Waals surface area (Å²) in [6.07, 6.45) is 3.24. The molecule has 0 aliphatic heterocycles. The minimum Gasteiger partial charge on any atom is -0.493 e. The predicted molar refractivity (Wildman–Crippen MR) is 117 cm³/mol. The first kappa shape index (κ1) is 23.0. The van der Waals surface area contributed by atoms with Crippen LogP contribution in [0, 0.1) is 0 Å². The summed E-state index contributed by atoms with van der Waals surface area (Å²) in [7, 11) is 1.58. The number of hydrogen-bond acceptors (Lipinski definition) is 5. The van der Waals surface area contributed by atoms with E-state index < -0.39 is 0 Å². The van der Waals surface area contributed by atoms with Gasteiger partial charge in [-0.2, -0.15) is 0 Å². The Labute approximate surface area is 178 Å². The number of hydrogen-bond donors (Lipinski definition) is 0. The third-order valence-corrected chi connectivity index (χ3v) is 4.53. The van der Waals surface area contributed by atoms with Gasteiger partial charge in [-0.05, 0) is 68.8 Å². The number of amides is 1. The van der Waals surface area contributed by atoms with Gasteiger partial charge in [-0.25, -0.2) is 0 Å². The van der Waals surface area contributed by atoms with Gasteiger partial charge in [-0.15, -0.1) is 0 Å². The van der Waals surface area contributed by atoms with Crippen molar-refractivity contribution in [2.45, 2.75) is 20.8 Å². The van der Waals surface area contributed by atoms with Crippen molar-refractivity contribution in [1.82, 2.24) is 4.90 Å². The van der Waals surface area contributed by atoms with E-state index in [2.05, 4.69) is 0 Å². The number of benzene rings is 2. The topological polar surface area (TPSA) is 65.1 Å². The Kier molecular flexibility index (Phi) is 8.94. The van der Waals surface area contributed by atoms with Crippen molar-refractivity contribution in [3.63, 3.8) is 0 Å². The van der Waals surface area contributed by atoms with Crippen molar-refractivity contribution in [2.24, 2.45) is 0 Å². The van der Waals surface area contributed by atoms with Crippen molar-refractivity contribution in [3.05, 3.63) is 59.7 Å². The number of nitrogens with zero attached hydrogens (tertiary/aromatic N) is 1. The van der Waals surface area contributed by atoms with Crippen LogP contribution < -0.4 is 14.2 Å². The minimum absolute atomic E-state index is 0.0194.